The highest BCUT2D eigenvalue weighted by Crippen LogP contribution is 2.35. The molecular weight excluding hydrogens is 248 g/mol. The third kappa shape index (κ3) is 1.52. The highest BCUT2D eigenvalue weighted by molar-refractivity contribution is 5.95. The molecule has 0 radical (unpaired) electrons. The lowest BCUT2D eigenvalue weighted by molar-refractivity contribution is 0.401. The van der Waals surface area contributed by atoms with Crippen molar-refractivity contribution in [3.05, 3.63) is 40.6 Å². The standard InChI is InChI=1S/C14H10O5/c1-18-9-3-2-4-10-11(9)12(16)7-5-6-8(15)13(17)14(7)19-10/h2-6,15,17H,1H3. The summed E-state index contributed by atoms with van der Waals surface area (Å²) in [4.78, 5) is 12.4. The number of benzene rings is 2. The van der Waals surface area contributed by atoms with Crippen LogP contribution in [-0.4, -0.2) is 17.3 Å². The van der Waals surface area contributed by atoms with Crippen LogP contribution in [-0.2, 0) is 0 Å². The SMILES string of the molecule is COc1cccc2oc3c(O)c(O)ccc3c(=O)c12. The fourth-order valence-corrected chi connectivity index (χ4v) is 2.08. The first-order valence-corrected chi connectivity index (χ1v) is 5.58. The van der Waals surface area contributed by atoms with Crippen LogP contribution in [0.5, 0.6) is 17.2 Å². The maximum Gasteiger partial charge on any atom is 0.204 e. The lowest BCUT2D eigenvalue weighted by Crippen LogP contribution is -2.04. The number of phenols is 2. The van der Waals surface area contributed by atoms with E-state index in [0.29, 0.717) is 11.1 Å². The molecule has 0 spiro atoms. The highest BCUT2D eigenvalue weighted by Gasteiger charge is 2.16. The van der Waals surface area contributed by atoms with E-state index in [0.717, 1.165) is 0 Å². The second-order valence-electron chi connectivity index (χ2n) is 4.07. The van der Waals surface area contributed by atoms with Crippen molar-refractivity contribution < 1.29 is 19.4 Å². The van der Waals surface area contributed by atoms with Gasteiger partial charge in [0.1, 0.15) is 16.7 Å². The minimum atomic E-state index is -0.445. The number of aromatic hydroxyl groups is 2. The molecule has 0 amide bonds. The Morgan fingerprint density at radius 3 is 2.68 bits per heavy atom. The monoisotopic (exact) mass is 258 g/mol. The summed E-state index contributed by atoms with van der Waals surface area (Å²) in [6.07, 6.45) is 0. The van der Waals surface area contributed by atoms with Crippen LogP contribution in [0, 0.1) is 0 Å². The molecule has 0 aliphatic heterocycles. The van der Waals surface area contributed by atoms with E-state index in [1.807, 2.05) is 0 Å². The molecular formula is C14H10O5. The third-order valence-corrected chi connectivity index (χ3v) is 3.00. The van der Waals surface area contributed by atoms with Gasteiger partial charge in [-0.15, -0.1) is 0 Å². The Balaban J connectivity index is 2.60. The van der Waals surface area contributed by atoms with Crippen molar-refractivity contribution in [3.8, 4) is 17.2 Å². The molecule has 0 aliphatic carbocycles. The van der Waals surface area contributed by atoms with Crippen LogP contribution in [0.25, 0.3) is 21.9 Å². The van der Waals surface area contributed by atoms with E-state index in [-0.39, 0.29) is 27.7 Å². The number of phenolic OH excluding ortho intramolecular Hbond substituents is 2. The van der Waals surface area contributed by atoms with Crippen LogP contribution in [0.4, 0.5) is 0 Å². The first-order valence-electron chi connectivity index (χ1n) is 5.58. The van der Waals surface area contributed by atoms with Crippen molar-refractivity contribution >= 4 is 21.9 Å². The second kappa shape index (κ2) is 3.91. The number of ether oxygens (including phenoxy) is 1. The molecule has 1 aromatic heterocycles. The normalized spacial score (nSPS) is 11.0. The Labute approximate surface area is 107 Å². The third-order valence-electron chi connectivity index (χ3n) is 3.00. The molecule has 96 valence electrons. The number of rotatable bonds is 1. The molecule has 0 atom stereocenters. The topological polar surface area (TPSA) is 79.9 Å². The van der Waals surface area contributed by atoms with E-state index < -0.39 is 5.75 Å². The zero-order valence-electron chi connectivity index (χ0n) is 10.0. The summed E-state index contributed by atoms with van der Waals surface area (Å²) in [5.41, 5.74) is -0.0625. The average molecular weight is 258 g/mol. The Morgan fingerprint density at radius 1 is 1.16 bits per heavy atom. The first kappa shape index (κ1) is 11.4. The lowest BCUT2D eigenvalue weighted by atomic mass is 10.1. The van der Waals surface area contributed by atoms with Gasteiger partial charge in [0.15, 0.2) is 11.3 Å². The van der Waals surface area contributed by atoms with Crippen molar-refractivity contribution in [2.45, 2.75) is 0 Å². The van der Waals surface area contributed by atoms with E-state index in [2.05, 4.69) is 0 Å². The predicted molar refractivity (Wildman–Crippen MR) is 69.9 cm³/mol. The summed E-state index contributed by atoms with van der Waals surface area (Å²) < 4.78 is 10.6. The van der Waals surface area contributed by atoms with Crippen molar-refractivity contribution in [2.24, 2.45) is 0 Å². The molecule has 1 heterocycles. The minimum absolute atomic E-state index is 0.0363. The van der Waals surface area contributed by atoms with Gasteiger partial charge < -0.3 is 19.4 Å². The molecule has 5 nitrogen and oxygen atoms in total. The summed E-state index contributed by atoms with van der Waals surface area (Å²) in [6.45, 7) is 0. The van der Waals surface area contributed by atoms with Gasteiger partial charge in [-0.05, 0) is 24.3 Å². The molecule has 0 bridgehead atoms. The van der Waals surface area contributed by atoms with Crippen LogP contribution in [0.2, 0.25) is 0 Å². The maximum absolute atomic E-state index is 12.4. The van der Waals surface area contributed by atoms with Crippen LogP contribution in [0.3, 0.4) is 0 Å². The van der Waals surface area contributed by atoms with E-state index in [1.54, 1.807) is 18.2 Å². The Hall–Kier alpha value is -2.69. The molecule has 0 aliphatic rings. The van der Waals surface area contributed by atoms with Gasteiger partial charge in [-0.1, -0.05) is 6.07 Å². The zero-order chi connectivity index (χ0) is 13.6. The average Bonchev–Trinajstić information content (AvgIpc) is 2.43. The summed E-state index contributed by atoms with van der Waals surface area (Å²) >= 11 is 0. The molecule has 0 saturated heterocycles. The Kier molecular flexibility index (Phi) is 2.35. The van der Waals surface area contributed by atoms with Crippen LogP contribution >= 0.6 is 0 Å². The Morgan fingerprint density at radius 2 is 1.95 bits per heavy atom. The summed E-state index contributed by atoms with van der Waals surface area (Å²) in [7, 11) is 1.46. The van der Waals surface area contributed by atoms with E-state index in [4.69, 9.17) is 9.15 Å². The van der Waals surface area contributed by atoms with Gasteiger partial charge in [-0.25, -0.2) is 0 Å². The molecule has 0 saturated carbocycles. The maximum atomic E-state index is 12.4. The van der Waals surface area contributed by atoms with Gasteiger partial charge in [-0.2, -0.15) is 0 Å². The smallest absolute Gasteiger partial charge is 0.204 e. The van der Waals surface area contributed by atoms with Crippen LogP contribution < -0.4 is 10.2 Å². The van der Waals surface area contributed by atoms with Gasteiger partial charge in [0.2, 0.25) is 11.2 Å². The van der Waals surface area contributed by atoms with E-state index >= 15 is 0 Å². The molecule has 2 N–H and O–H groups in total. The fourth-order valence-electron chi connectivity index (χ4n) is 2.08. The van der Waals surface area contributed by atoms with Crippen molar-refractivity contribution in [1.82, 2.24) is 0 Å². The van der Waals surface area contributed by atoms with Crippen LogP contribution in [0.15, 0.2) is 39.5 Å². The van der Waals surface area contributed by atoms with Crippen molar-refractivity contribution in [2.75, 3.05) is 7.11 Å². The number of methoxy groups -OCH3 is 1. The van der Waals surface area contributed by atoms with Crippen molar-refractivity contribution in [3.63, 3.8) is 0 Å². The number of hydrogen-bond donors (Lipinski definition) is 2. The van der Waals surface area contributed by atoms with Gasteiger partial charge in [-0.3, -0.25) is 4.79 Å². The van der Waals surface area contributed by atoms with Crippen molar-refractivity contribution in [1.29, 1.82) is 0 Å². The first-order chi connectivity index (χ1) is 9.13. The zero-order valence-corrected chi connectivity index (χ0v) is 10.0. The quantitative estimate of drug-likeness (QED) is 0.517. The van der Waals surface area contributed by atoms with Gasteiger partial charge in [0.25, 0.3) is 0 Å². The molecule has 19 heavy (non-hydrogen) atoms. The van der Waals surface area contributed by atoms with Gasteiger partial charge in [0.05, 0.1) is 12.5 Å². The minimum Gasteiger partial charge on any atom is -0.504 e. The summed E-state index contributed by atoms with van der Waals surface area (Å²) in [5.74, 6) is -0.377. The van der Waals surface area contributed by atoms with Crippen LogP contribution in [0.1, 0.15) is 0 Å². The number of hydrogen-bond acceptors (Lipinski definition) is 5. The van der Waals surface area contributed by atoms with Gasteiger partial charge in [0, 0.05) is 0 Å². The highest BCUT2D eigenvalue weighted by atomic mass is 16.5. The second-order valence-corrected chi connectivity index (χ2v) is 4.07. The summed E-state index contributed by atoms with van der Waals surface area (Å²) in [6, 6.07) is 7.58. The molecule has 2 aromatic carbocycles. The molecule has 3 aromatic rings. The lowest BCUT2D eigenvalue weighted by Gasteiger charge is -2.07. The predicted octanol–water partition coefficient (Wildman–Crippen LogP) is 2.37. The molecule has 0 unspecified atom stereocenters. The largest absolute Gasteiger partial charge is 0.504 e. The van der Waals surface area contributed by atoms with E-state index in [9.17, 15) is 15.0 Å². The summed E-state index contributed by atoms with van der Waals surface area (Å²) in [5, 5.41) is 19.7. The van der Waals surface area contributed by atoms with Gasteiger partial charge >= 0.3 is 0 Å². The van der Waals surface area contributed by atoms with E-state index in [1.165, 1.54) is 19.2 Å². The fraction of sp³-hybridized carbons (Fsp3) is 0.0714. The molecule has 5 heteroatoms. The Bertz CT molecular complexity index is 848. The molecule has 0 fully saturated rings. The molecule has 3 rings (SSSR count). The number of fused-ring (bicyclic) bond motifs is 2.